The van der Waals surface area contributed by atoms with E-state index < -0.39 is 0 Å². The Morgan fingerprint density at radius 3 is 2.87 bits per heavy atom. The summed E-state index contributed by atoms with van der Waals surface area (Å²) in [5.41, 5.74) is 5.39. The van der Waals surface area contributed by atoms with Gasteiger partial charge >= 0.3 is 0 Å². The Labute approximate surface area is 94.2 Å². The quantitative estimate of drug-likeness (QED) is 0.549. The maximum atomic E-state index is 5.46. The molecule has 0 aliphatic carbocycles. The first-order valence-corrected chi connectivity index (χ1v) is 6.05. The van der Waals surface area contributed by atoms with Crippen LogP contribution in [0.1, 0.15) is 20.3 Å². The largest absolute Gasteiger partial charge is 0.381 e. The number of aromatic nitrogens is 3. The van der Waals surface area contributed by atoms with Crippen molar-refractivity contribution in [2.45, 2.75) is 25.4 Å². The number of hydrogen-bond acceptors (Lipinski definition) is 5. The second-order valence-electron chi connectivity index (χ2n) is 3.65. The van der Waals surface area contributed by atoms with E-state index in [4.69, 9.17) is 10.5 Å². The predicted molar refractivity (Wildman–Crippen MR) is 61.8 cm³/mol. The number of hydrogen-bond donors (Lipinski definition) is 2. The summed E-state index contributed by atoms with van der Waals surface area (Å²) in [5, 5.41) is 7.18. The maximum Gasteiger partial charge on any atom is 0.216 e. The molecule has 0 saturated carbocycles. The van der Waals surface area contributed by atoms with Crippen molar-refractivity contribution in [2.24, 2.45) is 5.92 Å². The van der Waals surface area contributed by atoms with Gasteiger partial charge in [0.1, 0.15) is 0 Å². The molecule has 0 amide bonds. The minimum Gasteiger partial charge on any atom is -0.381 e. The lowest BCUT2D eigenvalue weighted by molar-refractivity contribution is 0.138. The fourth-order valence-electron chi connectivity index (χ4n) is 0.936. The van der Waals surface area contributed by atoms with Crippen LogP contribution in [0.4, 0.5) is 5.95 Å². The van der Waals surface area contributed by atoms with Gasteiger partial charge in [0, 0.05) is 12.4 Å². The van der Waals surface area contributed by atoms with E-state index in [0.29, 0.717) is 17.0 Å². The van der Waals surface area contributed by atoms with Crippen molar-refractivity contribution in [2.75, 3.05) is 24.7 Å². The number of nitrogens with one attached hydrogen (secondary N) is 1. The average Bonchev–Trinajstić information content (AvgIpc) is 2.57. The Bertz CT molecular complexity index is 277. The minimum absolute atomic E-state index is 0.359. The van der Waals surface area contributed by atoms with Gasteiger partial charge in [-0.05, 0) is 12.3 Å². The molecule has 3 N–H and O–H groups in total. The van der Waals surface area contributed by atoms with Crippen LogP contribution in [0.2, 0.25) is 0 Å². The number of H-pyrrole nitrogens is 1. The van der Waals surface area contributed by atoms with Gasteiger partial charge in [-0.1, -0.05) is 25.6 Å². The Hall–Kier alpha value is -0.750. The Balaban J connectivity index is 1.98. The number of aromatic amines is 1. The number of nitrogens with zero attached hydrogens (tertiary/aromatic N) is 2. The third-order valence-corrected chi connectivity index (χ3v) is 2.59. The lowest BCUT2D eigenvalue weighted by atomic mass is 10.1. The fraction of sp³-hybridized carbons (Fsp3) is 0.778. The number of nitrogen functional groups attached to an aromatic ring is 1. The molecule has 15 heavy (non-hydrogen) atoms. The summed E-state index contributed by atoms with van der Waals surface area (Å²) in [6.45, 7) is 5.93. The molecule has 0 fully saturated rings. The van der Waals surface area contributed by atoms with E-state index in [-0.39, 0.29) is 0 Å². The Kier molecular flexibility index (Phi) is 5.49. The minimum atomic E-state index is 0.359. The molecule has 1 aromatic heterocycles. The van der Waals surface area contributed by atoms with Gasteiger partial charge in [-0.25, -0.2) is 5.10 Å². The van der Waals surface area contributed by atoms with Gasteiger partial charge < -0.3 is 10.5 Å². The van der Waals surface area contributed by atoms with Crippen LogP contribution in [0.3, 0.4) is 0 Å². The lowest BCUT2D eigenvalue weighted by Crippen LogP contribution is -2.02. The molecule has 6 heteroatoms. The number of nitrogens with two attached hydrogens (primary N) is 1. The molecule has 0 aromatic carbocycles. The predicted octanol–water partition coefficient (Wildman–Crippen LogP) is 1.54. The molecule has 1 aromatic rings. The molecular weight excluding hydrogens is 212 g/mol. The zero-order valence-electron chi connectivity index (χ0n) is 9.19. The highest BCUT2D eigenvalue weighted by Crippen LogP contribution is 2.12. The van der Waals surface area contributed by atoms with Gasteiger partial charge in [-0.3, -0.25) is 0 Å². The normalized spacial score (nSPS) is 11.1. The molecule has 1 heterocycles. The summed E-state index contributed by atoms with van der Waals surface area (Å²) < 4.78 is 5.46. The van der Waals surface area contributed by atoms with Gasteiger partial charge in [0.2, 0.25) is 11.1 Å². The second-order valence-corrected chi connectivity index (χ2v) is 4.71. The van der Waals surface area contributed by atoms with Crippen molar-refractivity contribution in [3.63, 3.8) is 0 Å². The highest BCUT2D eigenvalue weighted by atomic mass is 32.2. The van der Waals surface area contributed by atoms with Crippen LogP contribution in [0.15, 0.2) is 5.16 Å². The topological polar surface area (TPSA) is 76.8 Å². The van der Waals surface area contributed by atoms with Crippen molar-refractivity contribution in [1.29, 1.82) is 0 Å². The standard InChI is InChI=1S/C9H18N4OS/c1-7(2)3-4-14-5-6-15-9-11-8(10)12-13-9/h7H,3-6H2,1-2H3,(H3,10,11,12,13). The van der Waals surface area contributed by atoms with E-state index >= 15 is 0 Å². The zero-order chi connectivity index (χ0) is 11.1. The summed E-state index contributed by atoms with van der Waals surface area (Å²) in [6.07, 6.45) is 1.11. The van der Waals surface area contributed by atoms with Gasteiger partial charge in [0.15, 0.2) is 0 Å². The molecule has 0 saturated heterocycles. The van der Waals surface area contributed by atoms with Gasteiger partial charge in [0.05, 0.1) is 6.61 Å². The fourth-order valence-corrected chi connectivity index (χ4v) is 1.59. The first kappa shape index (κ1) is 12.3. The zero-order valence-corrected chi connectivity index (χ0v) is 10.0. The molecule has 0 aliphatic heterocycles. The molecular formula is C9H18N4OS. The summed E-state index contributed by atoms with van der Waals surface area (Å²) >= 11 is 1.54. The van der Waals surface area contributed by atoms with Crippen LogP contribution >= 0.6 is 11.8 Å². The number of ether oxygens (including phenoxy) is 1. The summed E-state index contributed by atoms with van der Waals surface area (Å²) in [5.74, 6) is 1.92. The molecule has 86 valence electrons. The summed E-state index contributed by atoms with van der Waals surface area (Å²) in [7, 11) is 0. The van der Waals surface area contributed by atoms with E-state index in [0.717, 1.165) is 25.4 Å². The SMILES string of the molecule is CC(C)CCOCCSc1n[nH]c(N)n1. The molecule has 0 spiro atoms. The Morgan fingerprint density at radius 2 is 2.27 bits per heavy atom. The van der Waals surface area contributed by atoms with E-state index in [9.17, 15) is 0 Å². The van der Waals surface area contributed by atoms with Gasteiger partial charge in [-0.15, -0.1) is 5.10 Å². The van der Waals surface area contributed by atoms with Crippen LogP contribution in [0, 0.1) is 5.92 Å². The van der Waals surface area contributed by atoms with E-state index in [1.54, 1.807) is 11.8 Å². The second kappa shape index (κ2) is 6.68. The molecule has 5 nitrogen and oxygen atoms in total. The van der Waals surface area contributed by atoms with Crippen molar-refractivity contribution in [3.8, 4) is 0 Å². The monoisotopic (exact) mass is 230 g/mol. The lowest BCUT2D eigenvalue weighted by Gasteiger charge is -2.04. The van der Waals surface area contributed by atoms with Crippen molar-refractivity contribution in [3.05, 3.63) is 0 Å². The van der Waals surface area contributed by atoms with Gasteiger partial charge in [-0.2, -0.15) is 4.98 Å². The van der Waals surface area contributed by atoms with E-state index in [2.05, 4.69) is 29.0 Å². The van der Waals surface area contributed by atoms with Crippen LogP contribution in [0.5, 0.6) is 0 Å². The average molecular weight is 230 g/mol. The number of anilines is 1. The highest BCUT2D eigenvalue weighted by molar-refractivity contribution is 7.99. The van der Waals surface area contributed by atoms with Crippen LogP contribution < -0.4 is 5.73 Å². The van der Waals surface area contributed by atoms with E-state index in [1.807, 2.05) is 0 Å². The summed E-state index contributed by atoms with van der Waals surface area (Å²) in [6, 6.07) is 0. The van der Waals surface area contributed by atoms with Crippen LogP contribution in [0.25, 0.3) is 0 Å². The third kappa shape index (κ3) is 5.64. The Morgan fingerprint density at radius 1 is 1.47 bits per heavy atom. The van der Waals surface area contributed by atoms with Gasteiger partial charge in [0.25, 0.3) is 0 Å². The van der Waals surface area contributed by atoms with Crippen molar-refractivity contribution < 1.29 is 4.74 Å². The third-order valence-electron chi connectivity index (χ3n) is 1.78. The number of thioether (sulfide) groups is 1. The molecule has 0 bridgehead atoms. The van der Waals surface area contributed by atoms with Crippen LogP contribution in [-0.2, 0) is 4.74 Å². The molecule has 0 unspecified atom stereocenters. The molecule has 0 atom stereocenters. The highest BCUT2D eigenvalue weighted by Gasteiger charge is 2.00. The first-order chi connectivity index (χ1) is 7.18. The van der Waals surface area contributed by atoms with Crippen molar-refractivity contribution >= 4 is 17.7 Å². The van der Waals surface area contributed by atoms with E-state index in [1.165, 1.54) is 0 Å². The van der Waals surface area contributed by atoms with Crippen LogP contribution in [-0.4, -0.2) is 34.1 Å². The maximum absolute atomic E-state index is 5.46. The smallest absolute Gasteiger partial charge is 0.216 e. The van der Waals surface area contributed by atoms with Crippen molar-refractivity contribution in [1.82, 2.24) is 15.2 Å². The molecule has 1 rings (SSSR count). The number of rotatable bonds is 7. The summed E-state index contributed by atoms with van der Waals surface area (Å²) in [4.78, 5) is 3.98. The molecule has 0 aliphatic rings. The first-order valence-electron chi connectivity index (χ1n) is 5.07. The molecule has 0 radical (unpaired) electrons.